The van der Waals surface area contributed by atoms with Crippen molar-refractivity contribution in [2.45, 2.75) is 13.3 Å². The highest BCUT2D eigenvalue weighted by atomic mass is 16.5. The molecule has 3 amide bonds. The molecule has 1 aliphatic rings. The minimum absolute atomic E-state index is 0.353. The van der Waals surface area contributed by atoms with E-state index in [-0.39, 0.29) is 6.03 Å². The van der Waals surface area contributed by atoms with Crippen LogP contribution in [0.1, 0.15) is 12.0 Å². The van der Waals surface area contributed by atoms with Crippen LogP contribution in [0.4, 0.5) is 26.7 Å². The molecule has 2 aromatic carbocycles. The van der Waals surface area contributed by atoms with Crippen molar-refractivity contribution in [2.24, 2.45) is 0 Å². The quantitative estimate of drug-likeness (QED) is 0.728. The summed E-state index contributed by atoms with van der Waals surface area (Å²) in [5.41, 5.74) is 3.29. The number of nitrogens with one attached hydrogen (secondary N) is 2. The summed E-state index contributed by atoms with van der Waals surface area (Å²) >= 11 is 0. The van der Waals surface area contributed by atoms with Crippen molar-refractivity contribution < 1.29 is 19.4 Å². The van der Waals surface area contributed by atoms with Gasteiger partial charge in [0.2, 0.25) is 0 Å². The molecule has 3 N–H and O–H groups in total. The Hall–Kier alpha value is -3.42. The molecule has 2 aromatic rings. The van der Waals surface area contributed by atoms with Gasteiger partial charge in [0.1, 0.15) is 5.75 Å². The average Bonchev–Trinajstić information content (AvgIpc) is 2.95. The highest BCUT2D eigenvalue weighted by Gasteiger charge is 2.18. The summed E-state index contributed by atoms with van der Waals surface area (Å²) in [6.07, 6.45) is -0.0878. The van der Waals surface area contributed by atoms with Crippen molar-refractivity contribution >= 4 is 29.2 Å². The number of anilines is 3. The molecule has 1 saturated heterocycles. The van der Waals surface area contributed by atoms with Crippen LogP contribution in [0.3, 0.4) is 0 Å². The zero-order valence-electron chi connectivity index (χ0n) is 16.6. The molecule has 0 aromatic heterocycles. The van der Waals surface area contributed by atoms with E-state index in [1.807, 2.05) is 49.4 Å². The molecule has 0 spiro atoms. The zero-order valence-corrected chi connectivity index (χ0v) is 16.6. The predicted molar refractivity (Wildman–Crippen MR) is 113 cm³/mol. The fourth-order valence-electron chi connectivity index (χ4n) is 3.33. The summed E-state index contributed by atoms with van der Waals surface area (Å²) in [7, 11) is 1.56. The molecule has 1 fully saturated rings. The van der Waals surface area contributed by atoms with Gasteiger partial charge in [-0.2, -0.15) is 0 Å². The molecular formula is C21H26N4O4. The van der Waals surface area contributed by atoms with Crippen LogP contribution in [-0.2, 0) is 0 Å². The van der Waals surface area contributed by atoms with Crippen LogP contribution in [0.15, 0.2) is 42.5 Å². The number of rotatable bonds is 4. The van der Waals surface area contributed by atoms with Gasteiger partial charge in [0, 0.05) is 37.6 Å². The Morgan fingerprint density at radius 2 is 1.76 bits per heavy atom. The van der Waals surface area contributed by atoms with E-state index in [1.54, 1.807) is 7.11 Å². The van der Waals surface area contributed by atoms with Crippen LogP contribution >= 0.6 is 0 Å². The summed E-state index contributed by atoms with van der Waals surface area (Å²) in [4.78, 5) is 27.1. The molecule has 8 nitrogen and oxygen atoms in total. The number of benzene rings is 2. The van der Waals surface area contributed by atoms with Gasteiger partial charge in [0.25, 0.3) is 0 Å². The molecule has 154 valence electrons. The van der Waals surface area contributed by atoms with E-state index >= 15 is 0 Å². The van der Waals surface area contributed by atoms with Crippen molar-refractivity contribution in [3.05, 3.63) is 48.0 Å². The molecule has 3 rings (SSSR count). The molecule has 8 heteroatoms. The number of urea groups is 1. The second-order valence-electron chi connectivity index (χ2n) is 6.94. The summed E-state index contributed by atoms with van der Waals surface area (Å²) < 4.78 is 5.28. The molecule has 0 bridgehead atoms. The monoisotopic (exact) mass is 398 g/mol. The lowest BCUT2D eigenvalue weighted by Crippen LogP contribution is -2.34. The third-order valence-electron chi connectivity index (χ3n) is 4.86. The lowest BCUT2D eigenvalue weighted by Gasteiger charge is -2.23. The zero-order chi connectivity index (χ0) is 20.8. The number of ether oxygens (including phenoxy) is 1. The maximum absolute atomic E-state index is 12.3. The van der Waals surface area contributed by atoms with Crippen LogP contribution in [-0.4, -0.2) is 55.4 Å². The standard InChI is InChI=1S/C21H26N4O4/c1-15-4-9-19(29-2)18(14-15)23-20(26)22-16-5-7-17(8-6-16)24-10-3-11-25(13-12-24)21(27)28/h4-9,14H,3,10-13H2,1-2H3,(H,27,28)(H2,22,23,26). The van der Waals surface area contributed by atoms with Crippen LogP contribution in [0.5, 0.6) is 5.75 Å². The van der Waals surface area contributed by atoms with Crippen molar-refractivity contribution in [1.82, 2.24) is 4.90 Å². The first-order valence-electron chi connectivity index (χ1n) is 9.52. The van der Waals surface area contributed by atoms with Crippen molar-refractivity contribution in [3.8, 4) is 5.75 Å². The lowest BCUT2D eigenvalue weighted by molar-refractivity contribution is 0.148. The largest absolute Gasteiger partial charge is 0.495 e. The van der Waals surface area contributed by atoms with Gasteiger partial charge in [-0.25, -0.2) is 9.59 Å². The Bertz CT molecular complexity index is 869. The number of carboxylic acid groups (broad SMARTS) is 1. The molecule has 0 saturated carbocycles. The maximum Gasteiger partial charge on any atom is 0.407 e. The van der Waals surface area contributed by atoms with E-state index in [0.717, 1.165) is 24.2 Å². The minimum atomic E-state index is -0.873. The number of hydrogen-bond donors (Lipinski definition) is 3. The van der Waals surface area contributed by atoms with E-state index in [0.29, 0.717) is 36.8 Å². The Morgan fingerprint density at radius 3 is 2.45 bits per heavy atom. The Kier molecular flexibility index (Phi) is 6.43. The molecule has 0 atom stereocenters. The number of aryl methyl sites for hydroxylation is 1. The van der Waals surface area contributed by atoms with Crippen molar-refractivity contribution in [2.75, 3.05) is 48.8 Å². The van der Waals surface area contributed by atoms with Gasteiger partial charge in [0.05, 0.1) is 12.8 Å². The van der Waals surface area contributed by atoms with Crippen molar-refractivity contribution in [1.29, 1.82) is 0 Å². The summed E-state index contributed by atoms with van der Waals surface area (Å²) in [5.74, 6) is 0.595. The van der Waals surface area contributed by atoms with E-state index in [1.165, 1.54) is 4.90 Å². The van der Waals surface area contributed by atoms with Crippen LogP contribution in [0.2, 0.25) is 0 Å². The molecule has 1 heterocycles. The normalized spacial score (nSPS) is 14.1. The van der Waals surface area contributed by atoms with Gasteiger partial charge in [-0.1, -0.05) is 6.07 Å². The van der Waals surface area contributed by atoms with Gasteiger partial charge in [-0.3, -0.25) is 0 Å². The highest BCUT2D eigenvalue weighted by molar-refractivity contribution is 6.00. The summed E-state index contributed by atoms with van der Waals surface area (Å²) in [6.45, 7) is 4.42. The molecule has 1 aliphatic heterocycles. The first-order valence-corrected chi connectivity index (χ1v) is 9.52. The maximum atomic E-state index is 12.3. The van der Waals surface area contributed by atoms with E-state index in [9.17, 15) is 9.59 Å². The molecular weight excluding hydrogens is 372 g/mol. The second kappa shape index (κ2) is 9.18. The summed E-state index contributed by atoms with van der Waals surface area (Å²) in [6, 6.07) is 12.8. The van der Waals surface area contributed by atoms with E-state index in [4.69, 9.17) is 9.84 Å². The van der Waals surface area contributed by atoms with Crippen LogP contribution in [0.25, 0.3) is 0 Å². The fourth-order valence-corrected chi connectivity index (χ4v) is 3.33. The first-order chi connectivity index (χ1) is 14.0. The molecule has 0 unspecified atom stereocenters. The lowest BCUT2D eigenvalue weighted by atomic mass is 10.2. The molecule has 0 aliphatic carbocycles. The fraction of sp³-hybridized carbons (Fsp3) is 0.333. The van der Waals surface area contributed by atoms with E-state index < -0.39 is 6.09 Å². The van der Waals surface area contributed by atoms with E-state index in [2.05, 4.69) is 15.5 Å². The van der Waals surface area contributed by atoms with Crippen molar-refractivity contribution in [3.63, 3.8) is 0 Å². The van der Waals surface area contributed by atoms with Crippen LogP contribution in [0, 0.1) is 6.92 Å². The van der Waals surface area contributed by atoms with Gasteiger partial charge < -0.3 is 30.3 Å². The van der Waals surface area contributed by atoms with Gasteiger partial charge in [0.15, 0.2) is 0 Å². The smallest absolute Gasteiger partial charge is 0.407 e. The minimum Gasteiger partial charge on any atom is -0.495 e. The number of methoxy groups -OCH3 is 1. The Labute approximate surface area is 170 Å². The highest BCUT2D eigenvalue weighted by Crippen LogP contribution is 2.25. The molecule has 0 radical (unpaired) electrons. The topological polar surface area (TPSA) is 94.1 Å². The average molecular weight is 398 g/mol. The Morgan fingerprint density at radius 1 is 1.00 bits per heavy atom. The number of carbonyl (C=O) groups is 2. The van der Waals surface area contributed by atoms with Gasteiger partial charge in [-0.15, -0.1) is 0 Å². The number of nitrogens with zero attached hydrogens (tertiary/aromatic N) is 2. The number of amides is 3. The number of hydrogen-bond acceptors (Lipinski definition) is 4. The first kappa shape index (κ1) is 20.3. The number of carbonyl (C=O) groups excluding carboxylic acids is 1. The summed E-state index contributed by atoms with van der Waals surface area (Å²) in [5, 5.41) is 14.8. The van der Waals surface area contributed by atoms with Gasteiger partial charge >= 0.3 is 12.1 Å². The van der Waals surface area contributed by atoms with Crippen LogP contribution < -0.4 is 20.3 Å². The molecule has 29 heavy (non-hydrogen) atoms. The second-order valence-corrected chi connectivity index (χ2v) is 6.94. The van der Waals surface area contributed by atoms with Gasteiger partial charge in [-0.05, 0) is 55.3 Å². The Balaban J connectivity index is 1.60. The SMILES string of the molecule is COc1ccc(C)cc1NC(=O)Nc1ccc(N2CCCN(C(=O)O)CC2)cc1. The predicted octanol–water partition coefficient (Wildman–Crippen LogP) is 3.84. The third-order valence-corrected chi connectivity index (χ3v) is 4.86. The third kappa shape index (κ3) is 5.31.